The van der Waals surface area contributed by atoms with Gasteiger partial charge >= 0.3 is 0 Å². The molecule has 0 aliphatic carbocycles. The van der Waals surface area contributed by atoms with Gasteiger partial charge in [0.05, 0.1) is 11.4 Å². The van der Waals surface area contributed by atoms with Crippen LogP contribution in [0.1, 0.15) is 5.56 Å². The molecule has 1 aliphatic heterocycles. The third kappa shape index (κ3) is 2.19. The number of rotatable bonds is 1. The van der Waals surface area contributed by atoms with Gasteiger partial charge in [-0.15, -0.1) is 0 Å². The third-order valence-electron chi connectivity index (χ3n) is 3.88. The fourth-order valence-corrected chi connectivity index (χ4v) is 4.06. The van der Waals surface area contributed by atoms with Crippen molar-refractivity contribution < 1.29 is 13.5 Å². The fourth-order valence-electron chi connectivity index (χ4n) is 2.80. The molecule has 1 heterocycles. The molecule has 0 unspecified atom stereocenters. The third-order valence-corrected chi connectivity index (χ3v) is 5.10. The summed E-state index contributed by atoms with van der Waals surface area (Å²) >= 11 is 0. The summed E-state index contributed by atoms with van der Waals surface area (Å²) in [6.07, 6.45) is 0. The van der Waals surface area contributed by atoms with Gasteiger partial charge in [0.25, 0.3) is 0 Å². The van der Waals surface area contributed by atoms with Crippen molar-refractivity contribution in [1.82, 2.24) is 0 Å². The highest BCUT2D eigenvalue weighted by molar-refractivity contribution is 7.92. The lowest BCUT2D eigenvalue weighted by atomic mass is 9.99. The highest BCUT2D eigenvalue weighted by atomic mass is 32.2. The summed E-state index contributed by atoms with van der Waals surface area (Å²) in [6.45, 7) is 0. The van der Waals surface area contributed by atoms with Crippen LogP contribution in [0.15, 0.2) is 54.6 Å². The van der Waals surface area contributed by atoms with Crippen molar-refractivity contribution in [2.75, 3.05) is 4.72 Å². The van der Waals surface area contributed by atoms with Gasteiger partial charge in [-0.25, -0.2) is 8.42 Å². The first-order chi connectivity index (χ1) is 10.5. The first kappa shape index (κ1) is 13.2. The number of phenolic OH excluding ortho intramolecular Hbond substituents is 1. The van der Waals surface area contributed by atoms with E-state index >= 15 is 0 Å². The average molecular weight is 311 g/mol. The van der Waals surface area contributed by atoms with E-state index in [1.807, 2.05) is 42.5 Å². The number of anilines is 1. The molecule has 0 spiro atoms. The summed E-state index contributed by atoms with van der Waals surface area (Å²) in [5, 5.41) is 11.5. The Morgan fingerprint density at radius 3 is 2.41 bits per heavy atom. The minimum Gasteiger partial charge on any atom is -0.508 e. The van der Waals surface area contributed by atoms with Crippen LogP contribution in [0.3, 0.4) is 0 Å². The highest BCUT2D eigenvalue weighted by Crippen LogP contribution is 2.33. The van der Waals surface area contributed by atoms with E-state index in [-0.39, 0.29) is 11.5 Å². The molecule has 5 heteroatoms. The Morgan fingerprint density at radius 2 is 1.55 bits per heavy atom. The largest absolute Gasteiger partial charge is 0.508 e. The van der Waals surface area contributed by atoms with Gasteiger partial charge in [0.15, 0.2) is 0 Å². The monoisotopic (exact) mass is 311 g/mol. The van der Waals surface area contributed by atoms with Crippen molar-refractivity contribution in [2.45, 2.75) is 5.75 Å². The second-order valence-electron chi connectivity index (χ2n) is 5.48. The number of sulfonamides is 1. The molecule has 0 radical (unpaired) electrons. The first-order valence-corrected chi connectivity index (χ1v) is 8.52. The van der Waals surface area contributed by atoms with Crippen LogP contribution in [0, 0.1) is 0 Å². The number of phenols is 1. The topological polar surface area (TPSA) is 66.4 Å². The molecule has 1 aliphatic rings. The van der Waals surface area contributed by atoms with E-state index in [0.29, 0.717) is 5.69 Å². The van der Waals surface area contributed by atoms with Crippen molar-refractivity contribution in [1.29, 1.82) is 0 Å². The summed E-state index contributed by atoms with van der Waals surface area (Å²) in [5.74, 6) is 0.284. The van der Waals surface area contributed by atoms with Crippen molar-refractivity contribution >= 4 is 26.5 Å². The maximum atomic E-state index is 11.6. The van der Waals surface area contributed by atoms with Crippen LogP contribution in [-0.2, 0) is 15.8 Å². The molecule has 4 nitrogen and oxygen atoms in total. The predicted octanol–water partition coefficient (Wildman–Crippen LogP) is 3.47. The zero-order valence-corrected chi connectivity index (χ0v) is 12.4. The number of hydrogen-bond donors (Lipinski definition) is 2. The van der Waals surface area contributed by atoms with E-state index in [4.69, 9.17) is 0 Å². The molecule has 3 aromatic carbocycles. The molecule has 0 atom stereocenters. The van der Waals surface area contributed by atoms with Gasteiger partial charge in [0.1, 0.15) is 5.75 Å². The van der Waals surface area contributed by atoms with Crippen LogP contribution < -0.4 is 4.72 Å². The number of nitrogens with one attached hydrogen (secondary N) is 1. The summed E-state index contributed by atoms with van der Waals surface area (Å²) in [7, 11) is -3.22. The Balaban J connectivity index is 1.81. The van der Waals surface area contributed by atoms with Crippen LogP contribution in [0.2, 0.25) is 0 Å². The van der Waals surface area contributed by atoms with Gasteiger partial charge in [-0.1, -0.05) is 30.3 Å². The van der Waals surface area contributed by atoms with Gasteiger partial charge in [0, 0.05) is 0 Å². The molecule has 4 rings (SSSR count). The number of hydrogen-bond acceptors (Lipinski definition) is 3. The van der Waals surface area contributed by atoms with Crippen LogP contribution in [0.25, 0.3) is 21.9 Å². The Morgan fingerprint density at radius 1 is 0.864 bits per heavy atom. The Bertz CT molecular complexity index is 1010. The van der Waals surface area contributed by atoms with Crippen molar-refractivity contribution in [2.24, 2.45) is 0 Å². The summed E-state index contributed by atoms with van der Waals surface area (Å²) in [6, 6.07) is 16.8. The molecular weight excluding hydrogens is 298 g/mol. The van der Waals surface area contributed by atoms with E-state index in [0.717, 1.165) is 27.5 Å². The molecule has 2 N–H and O–H groups in total. The van der Waals surface area contributed by atoms with Crippen molar-refractivity contribution in [3.63, 3.8) is 0 Å². The normalized spacial score (nSPS) is 15.5. The fraction of sp³-hybridized carbons (Fsp3) is 0.0588. The zero-order valence-electron chi connectivity index (χ0n) is 11.6. The molecule has 0 saturated carbocycles. The van der Waals surface area contributed by atoms with Crippen molar-refractivity contribution in [3.8, 4) is 16.9 Å². The molecule has 0 aromatic heterocycles. The van der Waals surface area contributed by atoms with Crippen LogP contribution in [0.5, 0.6) is 5.75 Å². The van der Waals surface area contributed by atoms with Gasteiger partial charge in [0.2, 0.25) is 10.0 Å². The van der Waals surface area contributed by atoms with E-state index in [9.17, 15) is 13.5 Å². The van der Waals surface area contributed by atoms with E-state index < -0.39 is 10.0 Å². The highest BCUT2D eigenvalue weighted by Gasteiger charge is 2.23. The molecule has 22 heavy (non-hydrogen) atoms. The number of fused-ring (bicyclic) bond motifs is 2. The molecule has 3 aromatic rings. The second kappa shape index (κ2) is 4.48. The zero-order chi connectivity index (χ0) is 15.3. The van der Waals surface area contributed by atoms with Gasteiger partial charge in [-0.3, -0.25) is 4.72 Å². The summed E-state index contributed by atoms with van der Waals surface area (Å²) in [4.78, 5) is 0. The lowest BCUT2D eigenvalue weighted by Gasteiger charge is -2.07. The van der Waals surface area contributed by atoms with E-state index in [1.54, 1.807) is 12.1 Å². The molecule has 110 valence electrons. The minimum absolute atomic E-state index is 0.0413. The SMILES string of the molecule is O=S1(=O)Cc2ccc(-c3ccc4cc(O)ccc4c3)cc2N1. The standard InChI is InChI=1S/C17H13NO3S/c19-16-6-5-12-7-11(1-2-13(12)8-16)14-3-4-15-10-22(20,21)18-17(15)9-14/h1-9,18-19H,10H2. The van der Waals surface area contributed by atoms with Crippen LogP contribution in [-0.4, -0.2) is 13.5 Å². The van der Waals surface area contributed by atoms with Gasteiger partial charge in [-0.05, 0) is 51.7 Å². The Hall–Kier alpha value is -2.53. The lowest BCUT2D eigenvalue weighted by molar-refractivity contribution is 0.476. The molecule has 0 amide bonds. The number of aromatic hydroxyl groups is 1. The van der Waals surface area contributed by atoms with E-state index in [1.165, 1.54) is 0 Å². The molecular formula is C17H13NO3S. The smallest absolute Gasteiger partial charge is 0.237 e. The average Bonchev–Trinajstić information content (AvgIpc) is 2.79. The Kier molecular flexibility index (Phi) is 2.68. The maximum absolute atomic E-state index is 11.6. The molecule has 0 fully saturated rings. The van der Waals surface area contributed by atoms with Crippen LogP contribution >= 0.6 is 0 Å². The molecule has 0 saturated heterocycles. The van der Waals surface area contributed by atoms with Gasteiger partial charge < -0.3 is 5.11 Å². The minimum atomic E-state index is -3.22. The summed E-state index contributed by atoms with van der Waals surface area (Å²) in [5.41, 5.74) is 3.42. The summed E-state index contributed by atoms with van der Waals surface area (Å²) < 4.78 is 25.8. The Labute approximate surface area is 128 Å². The number of benzene rings is 3. The maximum Gasteiger partial charge on any atom is 0.237 e. The lowest BCUT2D eigenvalue weighted by Crippen LogP contribution is -2.05. The van der Waals surface area contributed by atoms with E-state index in [2.05, 4.69) is 4.72 Å². The molecule has 0 bridgehead atoms. The first-order valence-electron chi connectivity index (χ1n) is 6.87. The predicted molar refractivity (Wildman–Crippen MR) is 87.3 cm³/mol. The quantitative estimate of drug-likeness (QED) is 0.723. The van der Waals surface area contributed by atoms with Crippen molar-refractivity contribution in [3.05, 3.63) is 60.2 Å². The second-order valence-corrected chi connectivity index (χ2v) is 7.20. The van der Waals surface area contributed by atoms with Crippen LogP contribution in [0.4, 0.5) is 5.69 Å². The van der Waals surface area contributed by atoms with Gasteiger partial charge in [-0.2, -0.15) is 0 Å².